The van der Waals surface area contributed by atoms with Crippen LogP contribution in [0.25, 0.3) is 0 Å². The van der Waals surface area contributed by atoms with Gasteiger partial charge in [-0.1, -0.05) is 0 Å². The third-order valence-corrected chi connectivity index (χ3v) is 1.13. The van der Waals surface area contributed by atoms with Crippen LogP contribution in [-0.4, -0.2) is 30.3 Å². The van der Waals surface area contributed by atoms with Gasteiger partial charge in [0.25, 0.3) is 0 Å². The Morgan fingerprint density at radius 3 is 2.60 bits per heavy atom. The summed E-state index contributed by atoms with van der Waals surface area (Å²) in [5.41, 5.74) is 7.62. The number of hydrogen-bond acceptors (Lipinski definition) is 4. The highest BCUT2D eigenvalue weighted by atomic mass is 16.6. The van der Waals surface area contributed by atoms with Gasteiger partial charge >= 0.3 is 5.97 Å². The van der Waals surface area contributed by atoms with E-state index in [0.29, 0.717) is 0 Å². The first-order valence-electron chi connectivity index (χ1n) is 2.86. The molecule has 0 unspecified atom stereocenters. The van der Waals surface area contributed by atoms with Crippen molar-refractivity contribution < 1.29 is 14.7 Å². The molecule has 0 saturated carbocycles. The van der Waals surface area contributed by atoms with Crippen molar-refractivity contribution in [2.45, 2.75) is 19.0 Å². The number of carbonyl (C=O) groups is 1. The molecular formula is C5H12N2O3. The SMILES string of the molecule is CON[C@H](C)[C@H](N)C(=O)O. The molecule has 0 aromatic heterocycles. The molecular weight excluding hydrogens is 136 g/mol. The van der Waals surface area contributed by atoms with E-state index in [1.165, 1.54) is 7.11 Å². The molecule has 0 fully saturated rings. The van der Waals surface area contributed by atoms with Gasteiger partial charge in [-0.25, -0.2) is 0 Å². The van der Waals surface area contributed by atoms with Gasteiger partial charge in [-0.3, -0.25) is 4.79 Å². The first-order valence-corrected chi connectivity index (χ1v) is 2.86. The van der Waals surface area contributed by atoms with E-state index in [1.54, 1.807) is 6.92 Å². The van der Waals surface area contributed by atoms with E-state index in [1.807, 2.05) is 0 Å². The summed E-state index contributed by atoms with van der Waals surface area (Å²) in [4.78, 5) is 14.7. The average molecular weight is 148 g/mol. The molecule has 0 bridgehead atoms. The number of carboxylic acids is 1. The number of nitrogens with one attached hydrogen (secondary N) is 1. The van der Waals surface area contributed by atoms with Crippen LogP contribution in [0.5, 0.6) is 0 Å². The van der Waals surface area contributed by atoms with Crippen LogP contribution in [0.2, 0.25) is 0 Å². The topological polar surface area (TPSA) is 84.6 Å². The summed E-state index contributed by atoms with van der Waals surface area (Å²) in [6, 6.07) is -1.32. The highest BCUT2D eigenvalue weighted by Crippen LogP contribution is 1.87. The van der Waals surface area contributed by atoms with E-state index in [9.17, 15) is 4.79 Å². The molecule has 60 valence electrons. The largest absolute Gasteiger partial charge is 0.480 e. The quantitative estimate of drug-likeness (QED) is 0.442. The monoisotopic (exact) mass is 148 g/mol. The zero-order valence-corrected chi connectivity index (χ0v) is 6.00. The van der Waals surface area contributed by atoms with Gasteiger partial charge in [0, 0.05) is 0 Å². The third-order valence-electron chi connectivity index (χ3n) is 1.13. The molecule has 5 heteroatoms. The lowest BCUT2D eigenvalue weighted by Crippen LogP contribution is -2.47. The van der Waals surface area contributed by atoms with Crippen LogP contribution >= 0.6 is 0 Å². The fraction of sp³-hybridized carbons (Fsp3) is 0.800. The molecule has 0 amide bonds. The Balaban J connectivity index is 3.69. The average Bonchev–Trinajstić information content (AvgIpc) is 1.87. The van der Waals surface area contributed by atoms with Crippen LogP contribution < -0.4 is 11.2 Å². The van der Waals surface area contributed by atoms with Crippen LogP contribution in [0, 0.1) is 0 Å². The fourth-order valence-corrected chi connectivity index (χ4v) is 0.473. The van der Waals surface area contributed by atoms with Gasteiger partial charge in [-0.2, -0.15) is 5.48 Å². The summed E-state index contributed by atoms with van der Waals surface area (Å²) < 4.78 is 0. The molecule has 0 aliphatic rings. The van der Waals surface area contributed by atoms with Gasteiger partial charge < -0.3 is 15.7 Å². The molecule has 0 aliphatic carbocycles. The van der Waals surface area contributed by atoms with Gasteiger partial charge in [-0.15, -0.1) is 0 Å². The summed E-state index contributed by atoms with van der Waals surface area (Å²) >= 11 is 0. The van der Waals surface area contributed by atoms with Gasteiger partial charge in [-0.05, 0) is 6.92 Å². The number of aliphatic carboxylic acids is 1. The van der Waals surface area contributed by atoms with Crippen molar-refractivity contribution in [1.82, 2.24) is 5.48 Å². The molecule has 0 saturated heterocycles. The second kappa shape index (κ2) is 4.21. The number of hydroxylamine groups is 1. The Bertz CT molecular complexity index is 117. The molecule has 0 rings (SSSR count). The van der Waals surface area contributed by atoms with Crippen LogP contribution in [0.15, 0.2) is 0 Å². The first kappa shape index (κ1) is 9.35. The predicted molar refractivity (Wildman–Crippen MR) is 35.2 cm³/mol. The van der Waals surface area contributed by atoms with E-state index in [0.717, 1.165) is 0 Å². The zero-order chi connectivity index (χ0) is 8.15. The Hall–Kier alpha value is -0.650. The van der Waals surface area contributed by atoms with Gasteiger partial charge in [0.05, 0.1) is 13.2 Å². The molecule has 0 aromatic rings. The molecule has 0 heterocycles. The maximum atomic E-state index is 10.2. The number of hydrogen-bond donors (Lipinski definition) is 3. The summed E-state index contributed by atoms with van der Waals surface area (Å²) in [5.74, 6) is -1.04. The number of rotatable bonds is 4. The van der Waals surface area contributed by atoms with Crippen molar-refractivity contribution in [3.05, 3.63) is 0 Å². The van der Waals surface area contributed by atoms with E-state index < -0.39 is 12.0 Å². The summed E-state index contributed by atoms with van der Waals surface area (Å²) in [6.07, 6.45) is 0. The van der Waals surface area contributed by atoms with Crippen LogP contribution in [0.3, 0.4) is 0 Å². The van der Waals surface area contributed by atoms with E-state index in [-0.39, 0.29) is 6.04 Å². The minimum atomic E-state index is -1.04. The van der Waals surface area contributed by atoms with E-state index in [2.05, 4.69) is 10.3 Å². The molecule has 0 radical (unpaired) electrons. The van der Waals surface area contributed by atoms with Crippen molar-refractivity contribution >= 4 is 5.97 Å². The second-order valence-electron chi connectivity index (χ2n) is 1.97. The van der Waals surface area contributed by atoms with Gasteiger partial charge in [0.15, 0.2) is 0 Å². The standard InChI is InChI=1S/C5H12N2O3/c1-3(7-10-2)4(6)5(8)9/h3-4,7H,6H2,1-2H3,(H,8,9)/t3-,4+/m1/s1. The predicted octanol–water partition coefficient (Wildman–Crippen LogP) is -1.06. The normalized spacial score (nSPS) is 16.3. The fourth-order valence-electron chi connectivity index (χ4n) is 0.473. The molecule has 0 spiro atoms. The van der Waals surface area contributed by atoms with Crippen molar-refractivity contribution in [2.24, 2.45) is 5.73 Å². The lowest BCUT2D eigenvalue weighted by atomic mass is 10.2. The van der Waals surface area contributed by atoms with Crippen molar-refractivity contribution in [3.63, 3.8) is 0 Å². The summed E-state index contributed by atoms with van der Waals surface area (Å²) in [5, 5.41) is 8.36. The van der Waals surface area contributed by atoms with Crippen LogP contribution in [0.1, 0.15) is 6.92 Å². The Morgan fingerprint density at radius 1 is 1.80 bits per heavy atom. The molecule has 2 atom stereocenters. The summed E-state index contributed by atoms with van der Waals surface area (Å²) in [7, 11) is 1.41. The maximum absolute atomic E-state index is 10.2. The maximum Gasteiger partial charge on any atom is 0.322 e. The Morgan fingerprint density at radius 2 is 2.30 bits per heavy atom. The highest BCUT2D eigenvalue weighted by Gasteiger charge is 2.18. The highest BCUT2D eigenvalue weighted by molar-refractivity contribution is 5.73. The number of carboxylic acid groups (broad SMARTS) is 1. The van der Waals surface area contributed by atoms with Crippen molar-refractivity contribution in [3.8, 4) is 0 Å². The smallest absolute Gasteiger partial charge is 0.322 e. The minimum absolute atomic E-state index is 0.387. The van der Waals surface area contributed by atoms with E-state index in [4.69, 9.17) is 10.8 Å². The van der Waals surface area contributed by atoms with Gasteiger partial charge in [0.1, 0.15) is 6.04 Å². The Kier molecular flexibility index (Phi) is 3.94. The van der Waals surface area contributed by atoms with Crippen molar-refractivity contribution in [1.29, 1.82) is 0 Å². The summed E-state index contributed by atoms with van der Waals surface area (Å²) in [6.45, 7) is 1.63. The lowest BCUT2D eigenvalue weighted by molar-refractivity contribution is -0.140. The molecule has 10 heavy (non-hydrogen) atoms. The Labute approximate surface area is 59.1 Å². The molecule has 0 aromatic carbocycles. The van der Waals surface area contributed by atoms with Crippen LogP contribution in [0.4, 0.5) is 0 Å². The first-order chi connectivity index (χ1) is 4.59. The lowest BCUT2D eigenvalue weighted by Gasteiger charge is -2.15. The van der Waals surface area contributed by atoms with E-state index >= 15 is 0 Å². The number of nitrogens with two attached hydrogens (primary N) is 1. The minimum Gasteiger partial charge on any atom is -0.480 e. The second-order valence-corrected chi connectivity index (χ2v) is 1.97. The van der Waals surface area contributed by atoms with Crippen molar-refractivity contribution in [2.75, 3.05) is 7.11 Å². The molecule has 0 aliphatic heterocycles. The molecule has 4 N–H and O–H groups in total. The van der Waals surface area contributed by atoms with Gasteiger partial charge in [0.2, 0.25) is 0 Å². The molecule has 5 nitrogen and oxygen atoms in total. The van der Waals surface area contributed by atoms with Crippen LogP contribution in [-0.2, 0) is 9.63 Å². The zero-order valence-electron chi connectivity index (χ0n) is 6.00. The third kappa shape index (κ3) is 2.77.